The maximum Gasteiger partial charge on any atom is 0.145 e. The summed E-state index contributed by atoms with van der Waals surface area (Å²) in [5.74, 6) is 1.10. The summed E-state index contributed by atoms with van der Waals surface area (Å²) >= 11 is 0. The van der Waals surface area contributed by atoms with Gasteiger partial charge in [-0.2, -0.15) is 0 Å². The topological polar surface area (TPSA) is 21.3 Å². The van der Waals surface area contributed by atoms with Crippen LogP contribution in [0.2, 0.25) is 0 Å². The molecule has 0 saturated heterocycles. The van der Waals surface area contributed by atoms with Gasteiger partial charge in [-0.15, -0.1) is 0 Å². The van der Waals surface area contributed by atoms with Crippen LogP contribution in [-0.2, 0) is 0 Å². The third-order valence-corrected chi connectivity index (χ3v) is 3.77. The highest BCUT2D eigenvalue weighted by Crippen LogP contribution is 2.34. The van der Waals surface area contributed by atoms with Gasteiger partial charge in [-0.1, -0.05) is 19.8 Å². The van der Waals surface area contributed by atoms with Crippen molar-refractivity contribution in [2.24, 2.45) is 5.92 Å². The summed E-state index contributed by atoms with van der Waals surface area (Å²) in [6.45, 7) is 4.71. The molecule has 1 N–H and O–H groups in total. The van der Waals surface area contributed by atoms with E-state index in [2.05, 4.69) is 12.2 Å². The van der Waals surface area contributed by atoms with Crippen LogP contribution in [0.5, 0.6) is 5.75 Å². The summed E-state index contributed by atoms with van der Waals surface area (Å²) in [7, 11) is 0. The Labute approximate surface area is 109 Å². The molecule has 1 aromatic carbocycles. The van der Waals surface area contributed by atoms with E-state index in [9.17, 15) is 4.39 Å². The van der Waals surface area contributed by atoms with Crippen molar-refractivity contribution >= 4 is 5.69 Å². The molecular formula is C15H22FNO. The SMILES string of the molecule is CCOc1cc(F)ccc1NC1CCCC1CC. The lowest BCUT2D eigenvalue weighted by Crippen LogP contribution is -2.23. The average Bonchev–Trinajstić information content (AvgIpc) is 2.80. The van der Waals surface area contributed by atoms with Crippen molar-refractivity contribution < 1.29 is 9.13 Å². The van der Waals surface area contributed by atoms with Gasteiger partial charge in [0.2, 0.25) is 0 Å². The van der Waals surface area contributed by atoms with Crippen LogP contribution in [0.1, 0.15) is 39.5 Å². The van der Waals surface area contributed by atoms with Gasteiger partial charge in [0.15, 0.2) is 0 Å². The Bertz CT molecular complexity index is 394. The van der Waals surface area contributed by atoms with E-state index in [1.807, 2.05) is 6.92 Å². The molecule has 0 amide bonds. The smallest absolute Gasteiger partial charge is 0.145 e. The normalized spacial score (nSPS) is 23.1. The van der Waals surface area contributed by atoms with Crippen molar-refractivity contribution in [1.29, 1.82) is 0 Å². The Kier molecular flexibility index (Phi) is 4.45. The van der Waals surface area contributed by atoms with Crippen molar-refractivity contribution in [2.45, 2.75) is 45.6 Å². The molecule has 18 heavy (non-hydrogen) atoms. The number of ether oxygens (including phenoxy) is 1. The number of benzene rings is 1. The average molecular weight is 251 g/mol. The highest BCUT2D eigenvalue weighted by atomic mass is 19.1. The predicted molar refractivity (Wildman–Crippen MR) is 72.6 cm³/mol. The lowest BCUT2D eigenvalue weighted by atomic mass is 10.0. The molecule has 100 valence electrons. The van der Waals surface area contributed by atoms with Gasteiger partial charge in [0.1, 0.15) is 11.6 Å². The van der Waals surface area contributed by atoms with Crippen molar-refractivity contribution in [3.05, 3.63) is 24.0 Å². The van der Waals surface area contributed by atoms with Gasteiger partial charge < -0.3 is 10.1 Å². The first kappa shape index (κ1) is 13.2. The molecule has 0 aliphatic heterocycles. The van der Waals surface area contributed by atoms with Crippen LogP contribution in [0.25, 0.3) is 0 Å². The predicted octanol–water partition coefficient (Wildman–Crippen LogP) is 4.22. The number of halogens is 1. The van der Waals surface area contributed by atoms with Crippen LogP contribution in [0.3, 0.4) is 0 Å². The van der Waals surface area contributed by atoms with Gasteiger partial charge in [0, 0.05) is 12.1 Å². The van der Waals surface area contributed by atoms with E-state index < -0.39 is 0 Å². The fourth-order valence-corrected chi connectivity index (χ4v) is 2.81. The molecule has 2 atom stereocenters. The minimum absolute atomic E-state index is 0.248. The van der Waals surface area contributed by atoms with Gasteiger partial charge in [0.25, 0.3) is 0 Å². The summed E-state index contributed by atoms with van der Waals surface area (Å²) in [5.41, 5.74) is 0.920. The molecule has 0 radical (unpaired) electrons. The number of hydrogen-bond donors (Lipinski definition) is 1. The first-order valence-corrected chi connectivity index (χ1v) is 6.93. The summed E-state index contributed by atoms with van der Waals surface area (Å²) in [6.07, 6.45) is 4.96. The minimum Gasteiger partial charge on any atom is -0.492 e. The van der Waals surface area contributed by atoms with E-state index in [0.717, 1.165) is 11.6 Å². The van der Waals surface area contributed by atoms with Gasteiger partial charge in [0.05, 0.1) is 12.3 Å². The molecule has 0 aromatic heterocycles. The van der Waals surface area contributed by atoms with Gasteiger partial charge in [-0.05, 0) is 37.8 Å². The van der Waals surface area contributed by atoms with E-state index in [1.54, 1.807) is 6.07 Å². The molecule has 1 aliphatic rings. The van der Waals surface area contributed by atoms with E-state index in [4.69, 9.17) is 4.74 Å². The highest BCUT2D eigenvalue weighted by Gasteiger charge is 2.26. The van der Waals surface area contributed by atoms with E-state index in [-0.39, 0.29) is 5.82 Å². The zero-order valence-corrected chi connectivity index (χ0v) is 11.2. The molecule has 3 heteroatoms. The highest BCUT2D eigenvalue weighted by molar-refractivity contribution is 5.57. The van der Waals surface area contributed by atoms with E-state index in [1.165, 1.54) is 37.8 Å². The fraction of sp³-hybridized carbons (Fsp3) is 0.600. The van der Waals surface area contributed by atoms with Crippen LogP contribution in [0.4, 0.5) is 10.1 Å². The Morgan fingerprint density at radius 1 is 1.33 bits per heavy atom. The molecule has 1 aromatic rings. The second kappa shape index (κ2) is 6.07. The Balaban J connectivity index is 2.12. The molecule has 2 nitrogen and oxygen atoms in total. The van der Waals surface area contributed by atoms with Crippen molar-refractivity contribution in [1.82, 2.24) is 0 Å². The second-order valence-corrected chi connectivity index (χ2v) is 4.92. The minimum atomic E-state index is -0.248. The van der Waals surface area contributed by atoms with E-state index in [0.29, 0.717) is 18.4 Å². The maximum absolute atomic E-state index is 13.2. The van der Waals surface area contributed by atoms with E-state index >= 15 is 0 Å². The zero-order chi connectivity index (χ0) is 13.0. The molecule has 0 heterocycles. The number of rotatable bonds is 5. The first-order valence-electron chi connectivity index (χ1n) is 6.93. The van der Waals surface area contributed by atoms with Gasteiger partial charge in [-0.25, -0.2) is 4.39 Å². The summed E-state index contributed by atoms with van der Waals surface area (Å²) in [4.78, 5) is 0. The fourth-order valence-electron chi connectivity index (χ4n) is 2.81. The Morgan fingerprint density at radius 3 is 2.89 bits per heavy atom. The molecule has 0 bridgehead atoms. The monoisotopic (exact) mass is 251 g/mol. The van der Waals surface area contributed by atoms with Crippen LogP contribution in [-0.4, -0.2) is 12.6 Å². The maximum atomic E-state index is 13.2. The van der Waals surface area contributed by atoms with Crippen molar-refractivity contribution in [3.8, 4) is 5.75 Å². The second-order valence-electron chi connectivity index (χ2n) is 4.92. The first-order chi connectivity index (χ1) is 8.74. The van der Waals surface area contributed by atoms with Gasteiger partial charge in [-0.3, -0.25) is 0 Å². The molecule has 2 unspecified atom stereocenters. The summed E-state index contributed by atoms with van der Waals surface area (Å²) in [5, 5.41) is 3.53. The number of nitrogens with one attached hydrogen (secondary N) is 1. The molecule has 1 saturated carbocycles. The Hall–Kier alpha value is -1.25. The largest absolute Gasteiger partial charge is 0.492 e. The molecule has 1 aliphatic carbocycles. The van der Waals surface area contributed by atoms with Crippen LogP contribution >= 0.6 is 0 Å². The molecule has 1 fully saturated rings. The lowest BCUT2D eigenvalue weighted by Gasteiger charge is -2.22. The lowest BCUT2D eigenvalue weighted by molar-refractivity contribution is 0.339. The van der Waals surface area contributed by atoms with Crippen molar-refractivity contribution in [2.75, 3.05) is 11.9 Å². The molecular weight excluding hydrogens is 229 g/mol. The zero-order valence-electron chi connectivity index (χ0n) is 11.2. The number of anilines is 1. The third-order valence-electron chi connectivity index (χ3n) is 3.77. The quantitative estimate of drug-likeness (QED) is 0.846. The summed E-state index contributed by atoms with van der Waals surface area (Å²) in [6, 6.07) is 5.23. The standard InChI is InChI=1S/C15H22FNO/c1-3-11-6-5-7-13(11)17-14-9-8-12(16)10-15(14)18-4-2/h8-11,13,17H,3-7H2,1-2H3. The van der Waals surface area contributed by atoms with Gasteiger partial charge >= 0.3 is 0 Å². The Morgan fingerprint density at radius 2 is 2.17 bits per heavy atom. The molecule has 2 rings (SSSR count). The molecule has 0 spiro atoms. The third kappa shape index (κ3) is 2.95. The van der Waals surface area contributed by atoms with Crippen molar-refractivity contribution in [3.63, 3.8) is 0 Å². The van der Waals surface area contributed by atoms with Crippen LogP contribution in [0, 0.1) is 11.7 Å². The number of hydrogen-bond acceptors (Lipinski definition) is 2. The van der Waals surface area contributed by atoms with Crippen LogP contribution in [0.15, 0.2) is 18.2 Å². The van der Waals surface area contributed by atoms with Crippen LogP contribution < -0.4 is 10.1 Å². The summed E-state index contributed by atoms with van der Waals surface area (Å²) < 4.78 is 18.7.